The Morgan fingerprint density at radius 1 is 1.67 bits per heavy atom. The summed E-state index contributed by atoms with van der Waals surface area (Å²) in [6.07, 6.45) is 2.54. The average molecular weight is 221 g/mol. The monoisotopic (exact) mass is 221 g/mol. The van der Waals surface area contributed by atoms with E-state index in [4.69, 9.17) is 5.73 Å². The van der Waals surface area contributed by atoms with Crippen molar-refractivity contribution in [1.29, 1.82) is 0 Å². The van der Waals surface area contributed by atoms with Crippen LogP contribution in [0.4, 0.5) is 5.69 Å². The lowest BCUT2D eigenvalue weighted by Gasteiger charge is -2.18. The maximum atomic E-state index is 5.31. The van der Waals surface area contributed by atoms with Gasteiger partial charge in [-0.15, -0.1) is 0 Å². The van der Waals surface area contributed by atoms with Crippen molar-refractivity contribution in [3.05, 3.63) is 24.0 Å². The molecule has 1 aliphatic heterocycles. The number of hydrazone groups is 1. The van der Waals surface area contributed by atoms with Crippen molar-refractivity contribution in [3.63, 3.8) is 0 Å². The Morgan fingerprint density at radius 2 is 2.53 bits per heavy atom. The molecule has 0 fully saturated rings. The van der Waals surface area contributed by atoms with E-state index in [-0.39, 0.29) is 5.11 Å². The molecule has 0 saturated carbocycles. The lowest BCUT2D eigenvalue weighted by molar-refractivity contribution is 0.972. The summed E-state index contributed by atoms with van der Waals surface area (Å²) in [7, 11) is 0. The number of hydrogen-bond acceptors (Lipinski definition) is 4. The Morgan fingerprint density at radius 3 is 3.33 bits per heavy atom. The van der Waals surface area contributed by atoms with E-state index < -0.39 is 0 Å². The van der Waals surface area contributed by atoms with Crippen molar-refractivity contribution < 1.29 is 0 Å². The number of aromatic nitrogens is 1. The molecular formula is C9H11N5S. The van der Waals surface area contributed by atoms with Gasteiger partial charge in [-0.3, -0.25) is 10.4 Å². The van der Waals surface area contributed by atoms with Crippen LogP contribution < -0.4 is 16.5 Å². The van der Waals surface area contributed by atoms with Crippen molar-refractivity contribution in [2.75, 3.05) is 11.9 Å². The van der Waals surface area contributed by atoms with Crippen LogP contribution in [0, 0.1) is 0 Å². The summed E-state index contributed by atoms with van der Waals surface area (Å²) in [5, 5.41) is 7.53. The van der Waals surface area contributed by atoms with E-state index in [2.05, 4.69) is 33.0 Å². The first kappa shape index (κ1) is 9.85. The van der Waals surface area contributed by atoms with E-state index in [1.807, 2.05) is 12.1 Å². The number of thiocarbonyl (C=S) groups is 1. The second-order valence-corrected chi connectivity index (χ2v) is 3.55. The highest BCUT2D eigenvalue weighted by Gasteiger charge is 2.15. The molecule has 2 heterocycles. The van der Waals surface area contributed by atoms with Gasteiger partial charge in [0.2, 0.25) is 0 Å². The summed E-state index contributed by atoms with van der Waals surface area (Å²) in [5.41, 5.74) is 10.6. The van der Waals surface area contributed by atoms with Gasteiger partial charge in [-0.1, -0.05) is 0 Å². The van der Waals surface area contributed by atoms with E-state index in [0.29, 0.717) is 0 Å². The average Bonchev–Trinajstić information content (AvgIpc) is 2.26. The van der Waals surface area contributed by atoms with Crippen LogP contribution in [0.1, 0.15) is 12.1 Å². The molecule has 5 nitrogen and oxygen atoms in total. The number of rotatable bonds is 1. The molecule has 0 spiro atoms. The molecule has 1 aromatic rings. The second-order valence-electron chi connectivity index (χ2n) is 3.11. The first-order valence-corrected chi connectivity index (χ1v) is 4.99. The van der Waals surface area contributed by atoms with Crippen LogP contribution >= 0.6 is 12.2 Å². The Hall–Kier alpha value is -1.69. The summed E-state index contributed by atoms with van der Waals surface area (Å²) >= 11 is 4.69. The highest BCUT2D eigenvalue weighted by molar-refractivity contribution is 7.80. The summed E-state index contributed by atoms with van der Waals surface area (Å²) in [5.74, 6) is 0. The van der Waals surface area contributed by atoms with Crippen molar-refractivity contribution >= 4 is 28.7 Å². The fraction of sp³-hybridized carbons (Fsp3) is 0.222. The molecule has 2 rings (SSSR count). The molecule has 0 aromatic carbocycles. The van der Waals surface area contributed by atoms with Gasteiger partial charge in [-0.05, 0) is 24.4 Å². The standard InChI is InChI=1S/C9H11N5S/c10-9(15)14-13-7-3-5-11-6-2-1-4-12-8(6)7/h1-2,4,11H,3,5H2,(H3,10,14,15)/b13-7-. The number of anilines is 1. The third-order valence-corrected chi connectivity index (χ3v) is 2.15. The van der Waals surface area contributed by atoms with Gasteiger partial charge in [0, 0.05) is 19.2 Å². The highest BCUT2D eigenvalue weighted by atomic mass is 32.1. The van der Waals surface area contributed by atoms with Crippen LogP contribution in [0.3, 0.4) is 0 Å². The lowest BCUT2D eigenvalue weighted by Crippen LogP contribution is -2.28. The fourth-order valence-corrected chi connectivity index (χ4v) is 1.49. The molecular weight excluding hydrogens is 210 g/mol. The zero-order valence-electron chi connectivity index (χ0n) is 8.03. The number of fused-ring (bicyclic) bond motifs is 1. The first-order valence-electron chi connectivity index (χ1n) is 4.58. The molecule has 4 N–H and O–H groups in total. The third kappa shape index (κ3) is 2.21. The van der Waals surface area contributed by atoms with Gasteiger partial charge < -0.3 is 11.1 Å². The van der Waals surface area contributed by atoms with Gasteiger partial charge in [0.1, 0.15) is 5.69 Å². The molecule has 1 aromatic heterocycles. The largest absolute Gasteiger partial charge is 0.383 e. The predicted octanol–water partition coefficient (Wildman–Crippen LogP) is 0.434. The SMILES string of the molecule is NC(=S)N/N=C1/CCNc2cccnc21. The number of nitrogens with one attached hydrogen (secondary N) is 2. The molecule has 78 valence electrons. The van der Waals surface area contributed by atoms with E-state index >= 15 is 0 Å². The number of nitrogens with zero attached hydrogens (tertiary/aromatic N) is 2. The van der Waals surface area contributed by atoms with E-state index in [1.54, 1.807) is 6.20 Å². The minimum atomic E-state index is 0.165. The topological polar surface area (TPSA) is 75.3 Å². The third-order valence-electron chi connectivity index (χ3n) is 2.06. The van der Waals surface area contributed by atoms with Crippen molar-refractivity contribution in [2.24, 2.45) is 10.8 Å². The highest BCUT2D eigenvalue weighted by Crippen LogP contribution is 2.18. The Balaban J connectivity index is 2.29. The smallest absolute Gasteiger partial charge is 0.184 e. The van der Waals surface area contributed by atoms with Crippen molar-refractivity contribution in [3.8, 4) is 0 Å². The van der Waals surface area contributed by atoms with Crippen LogP contribution in [-0.4, -0.2) is 22.4 Å². The summed E-state index contributed by atoms with van der Waals surface area (Å²) in [4.78, 5) is 4.26. The quantitative estimate of drug-likeness (QED) is 0.474. The van der Waals surface area contributed by atoms with Crippen LogP contribution in [0.2, 0.25) is 0 Å². The van der Waals surface area contributed by atoms with Gasteiger partial charge in [0.25, 0.3) is 0 Å². The molecule has 15 heavy (non-hydrogen) atoms. The lowest BCUT2D eigenvalue weighted by atomic mass is 10.1. The number of nitrogens with two attached hydrogens (primary N) is 1. The number of hydrogen-bond donors (Lipinski definition) is 3. The molecule has 0 amide bonds. The normalized spacial score (nSPS) is 16.7. The molecule has 0 radical (unpaired) electrons. The Bertz CT molecular complexity index is 415. The first-order chi connectivity index (χ1) is 7.27. The molecule has 0 saturated heterocycles. The molecule has 1 aliphatic rings. The summed E-state index contributed by atoms with van der Waals surface area (Å²) < 4.78 is 0. The maximum Gasteiger partial charge on any atom is 0.184 e. The fourth-order valence-electron chi connectivity index (χ4n) is 1.44. The van der Waals surface area contributed by atoms with Gasteiger partial charge >= 0.3 is 0 Å². The van der Waals surface area contributed by atoms with Crippen LogP contribution in [0.5, 0.6) is 0 Å². The minimum Gasteiger partial charge on any atom is -0.383 e. The van der Waals surface area contributed by atoms with Crippen LogP contribution in [0.15, 0.2) is 23.4 Å². The molecule has 0 unspecified atom stereocenters. The van der Waals surface area contributed by atoms with Gasteiger partial charge in [-0.2, -0.15) is 5.10 Å². The van der Waals surface area contributed by atoms with E-state index in [0.717, 1.165) is 30.1 Å². The minimum absolute atomic E-state index is 0.165. The van der Waals surface area contributed by atoms with Crippen LogP contribution in [0.25, 0.3) is 0 Å². The number of pyridine rings is 1. The van der Waals surface area contributed by atoms with Crippen molar-refractivity contribution in [1.82, 2.24) is 10.4 Å². The zero-order valence-corrected chi connectivity index (χ0v) is 8.84. The van der Waals surface area contributed by atoms with Crippen LogP contribution in [-0.2, 0) is 0 Å². The van der Waals surface area contributed by atoms with Gasteiger partial charge in [0.15, 0.2) is 5.11 Å². The van der Waals surface area contributed by atoms with E-state index in [1.165, 1.54) is 0 Å². The maximum absolute atomic E-state index is 5.31. The van der Waals surface area contributed by atoms with Crippen molar-refractivity contribution in [2.45, 2.75) is 6.42 Å². The zero-order chi connectivity index (χ0) is 10.7. The van der Waals surface area contributed by atoms with Gasteiger partial charge in [0.05, 0.1) is 11.4 Å². The Labute approximate surface area is 92.8 Å². The summed E-state index contributed by atoms with van der Waals surface area (Å²) in [6, 6.07) is 3.85. The van der Waals surface area contributed by atoms with E-state index in [9.17, 15) is 0 Å². The Kier molecular flexibility index (Phi) is 2.77. The summed E-state index contributed by atoms with van der Waals surface area (Å²) in [6.45, 7) is 0.844. The molecule has 0 bridgehead atoms. The molecule has 0 aliphatic carbocycles. The second kappa shape index (κ2) is 4.22. The van der Waals surface area contributed by atoms with Gasteiger partial charge in [-0.25, -0.2) is 0 Å². The predicted molar refractivity (Wildman–Crippen MR) is 63.8 cm³/mol. The molecule has 0 atom stereocenters. The molecule has 6 heteroatoms.